The highest BCUT2D eigenvalue weighted by Gasteiger charge is 2.23. The van der Waals surface area contributed by atoms with E-state index in [4.69, 9.17) is 0 Å². The van der Waals surface area contributed by atoms with Crippen LogP contribution in [-0.4, -0.2) is 73.0 Å². The maximum absolute atomic E-state index is 12.7. The van der Waals surface area contributed by atoms with Gasteiger partial charge < -0.3 is 25.3 Å². The number of anilines is 2. The van der Waals surface area contributed by atoms with Gasteiger partial charge in [0, 0.05) is 55.7 Å². The van der Waals surface area contributed by atoms with Crippen LogP contribution in [0.15, 0.2) is 48.5 Å². The highest BCUT2D eigenvalue weighted by molar-refractivity contribution is 5.95. The first-order valence-corrected chi connectivity index (χ1v) is 11.8. The lowest BCUT2D eigenvalue weighted by Crippen LogP contribution is -2.48. The van der Waals surface area contributed by atoms with Crippen molar-refractivity contribution >= 4 is 29.2 Å². The Hall–Kier alpha value is -3.55. The summed E-state index contributed by atoms with van der Waals surface area (Å²) in [6.45, 7) is 10.9. The second-order valence-corrected chi connectivity index (χ2v) is 8.80. The van der Waals surface area contributed by atoms with E-state index in [0.29, 0.717) is 25.3 Å². The van der Waals surface area contributed by atoms with Crippen molar-refractivity contribution in [2.24, 2.45) is 0 Å². The van der Waals surface area contributed by atoms with E-state index in [1.165, 1.54) is 4.90 Å². The van der Waals surface area contributed by atoms with Crippen LogP contribution < -0.4 is 15.5 Å². The van der Waals surface area contributed by atoms with E-state index < -0.39 is 0 Å². The number of nitrogens with one attached hydrogen (secondary N) is 2. The van der Waals surface area contributed by atoms with Crippen LogP contribution in [0.3, 0.4) is 0 Å². The van der Waals surface area contributed by atoms with Crippen LogP contribution in [0.5, 0.6) is 0 Å². The summed E-state index contributed by atoms with van der Waals surface area (Å²) in [5, 5.41) is 5.60. The number of nitrogens with zero attached hydrogens (tertiary/aromatic N) is 3. The largest absolute Gasteiger partial charge is 0.368 e. The van der Waals surface area contributed by atoms with Gasteiger partial charge in [0.05, 0.1) is 0 Å². The molecule has 4 amide bonds. The molecule has 0 saturated carbocycles. The van der Waals surface area contributed by atoms with E-state index >= 15 is 0 Å². The molecule has 1 aliphatic rings. The van der Waals surface area contributed by atoms with E-state index in [9.17, 15) is 14.4 Å². The Labute approximate surface area is 201 Å². The van der Waals surface area contributed by atoms with Crippen LogP contribution in [0.2, 0.25) is 0 Å². The molecule has 1 saturated heterocycles. The van der Waals surface area contributed by atoms with Gasteiger partial charge in [0.25, 0.3) is 5.91 Å². The van der Waals surface area contributed by atoms with E-state index in [0.717, 1.165) is 29.9 Å². The molecule has 0 radical (unpaired) electrons. The van der Waals surface area contributed by atoms with Gasteiger partial charge in [0.1, 0.15) is 6.54 Å². The van der Waals surface area contributed by atoms with Gasteiger partial charge in [-0.2, -0.15) is 0 Å². The number of carbonyl (C=O) groups excluding carboxylic acids is 3. The fourth-order valence-electron chi connectivity index (χ4n) is 3.90. The maximum atomic E-state index is 12.7. The summed E-state index contributed by atoms with van der Waals surface area (Å²) in [5.41, 5.74) is 3.59. The zero-order chi connectivity index (χ0) is 24.7. The summed E-state index contributed by atoms with van der Waals surface area (Å²) in [7, 11) is 0. The number of hydrogen-bond acceptors (Lipinski definition) is 4. The van der Waals surface area contributed by atoms with Crippen molar-refractivity contribution in [3.8, 4) is 0 Å². The molecule has 182 valence electrons. The molecule has 1 heterocycles. The van der Waals surface area contributed by atoms with Crippen LogP contribution in [-0.2, 0) is 4.79 Å². The van der Waals surface area contributed by atoms with E-state index in [-0.39, 0.29) is 30.4 Å². The number of aryl methyl sites for hydroxylation is 1. The first-order chi connectivity index (χ1) is 16.3. The summed E-state index contributed by atoms with van der Waals surface area (Å²) in [4.78, 5) is 43.0. The molecule has 8 heteroatoms. The molecule has 0 bridgehead atoms. The molecule has 1 fully saturated rings. The molecule has 34 heavy (non-hydrogen) atoms. The topological polar surface area (TPSA) is 85.0 Å². The Morgan fingerprint density at radius 3 is 2.12 bits per heavy atom. The fourth-order valence-corrected chi connectivity index (χ4v) is 3.90. The lowest BCUT2D eigenvalue weighted by molar-refractivity contribution is -0.117. The molecular formula is C26H35N5O3. The first-order valence-electron chi connectivity index (χ1n) is 11.8. The SMILES string of the molecule is CCNC(=O)N(CC(=O)Nc1ccc(N2CCN(C(=O)c3ccc(C)cc3)CC2)cc1)C(C)C. The smallest absolute Gasteiger partial charge is 0.318 e. The Bertz CT molecular complexity index is 981. The molecule has 1 aliphatic heterocycles. The zero-order valence-electron chi connectivity index (χ0n) is 20.5. The third-order valence-electron chi connectivity index (χ3n) is 5.91. The van der Waals surface area contributed by atoms with E-state index in [2.05, 4.69) is 15.5 Å². The molecule has 0 atom stereocenters. The van der Waals surface area contributed by atoms with Crippen molar-refractivity contribution in [1.29, 1.82) is 0 Å². The molecular weight excluding hydrogens is 430 g/mol. The summed E-state index contributed by atoms with van der Waals surface area (Å²) in [6, 6.07) is 15.0. The summed E-state index contributed by atoms with van der Waals surface area (Å²) in [6.07, 6.45) is 0. The number of piperazine rings is 1. The minimum absolute atomic E-state index is 0.0117. The third kappa shape index (κ3) is 6.50. The van der Waals surface area contributed by atoms with Gasteiger partial charge in [-0.25, -0.2) is 4.79 Å². The summed E-state index contributed by atoms with van der Waals surface area (Å²) in [5.74, 6) is -0.170. The van der Waals surface area contributed by atoms with Gasteiger partial charge in [-0.1, -0.05) is 17.7 Å². The van der Waals surface area contributed by atoms with Crippen LogP contribution >= 0.6 is 0 Å². The fraction of sp³-hybridized carbons (Fsp3) is 0.423. The number of hydrogen-bond donors (Lipinski definition) is 2. The maximum Gasteiger partial charge on any atom is 0.318 e. The van der Waals surface area contributed by atoms with Crippen molar-refractivity contribution in [2.45, 2.75) is 33.7 Å². The Kier molecular flexibility index (Phi) is 8.51. The third-order valence-corrected chi connectivity index (χ3v) is 5.91. The first kappa shape index (κ1) is 25.1. The lowest BCUT2D eigenvalue weighted by Gasteiger charge is -2.36. The number of carbonyl (C=O) groups is 3. The second-order valence-electron chi connectivity index (χ2n) is 8.80. The molecule has 2 N–H and O–H groups in total. The van der Waals surface area contributed by atoms with Gasteiger partial charge in [-0.05, 0) is 64.1 Å². The van der Waals surface area contributed by atoms with Gasteiger partial charge in [0.2, 0.25) is 5.91 Å². The van der Waals surface area contributed by atoms with Crippen LogP contribution in [0, 0.1) is 6.92 Å². The Morgan fingerprint density at radius 1 is 0.941 bits per heavy atom. The monoisotopic (exact) mass is 465 g/mol. The van der Waals surface area contributed by atoms with Crippen molar-refractivity contribution < 1.29 is 14.4 Å². The number of rotatable bonds is 7. The van der Waals surface area contributed by atoms with Gasteiger partial charge in [-0.3, -0.25) is 9.59 Å². The van der Waals surface area contributed by atoms with Crippen molar-refractivity contribution in [3.05, 3.63) is 59.7 Å². The van der Waals surface area contributed by atoms with Gasteiger partial charge in [0.15, 0.2) is 0 Å². The van der Waals surface area contributed by atoms with Gasteiger partial charge in [-0.15, -0.1) is 0 Å². The number of urea groups is 1. The van der Waals surface area contributed by atoms with Crippen molar-refractivity contribution in [3.63, 3.8) is 0 Å². The molecule has 8 nitrogen and oxygen atoms in total. The average Bonchev–Trinajstić information content (AvgIpc) is 2.83. The minimum Gasteiger partial charge on any atom is -0.368 e. The molecule has 0 aliphatic carbocycles. The van der Waals surface area contributed by atoms with Gasteiger partial charge >= 0.3 is 6.03 Å². The lowest BCUT2D eigenvalue weighted by atomic mass is 10.1. The molecule has 3 rings (SSSR count). The molecule has 2 aromatic rings. The quantitative estimate of drug-likeness (QED) is 0.657. The predicted molar refractivity (Wildman–Crippen MR) is 135 cm³/mol. The average molecular weight is 466 g/mol. The van der Waals surface area contributed by atoms with E-state index in [1.54, 1.807) is 0 Å². The summed E-state index contributed by atoms with van der Waals surface area (Å²) < 4.78 is 0. The van der Waals surface area contributed by atoms with Crippen molar-refractivity contribution in [2.75, 3.05) is 49.5 Å². The molecule has 0 unspecified atom stereocenters. The zero-order valence-corrected chi connectivity index (χ0v) is 20.5. The molecule has 0 aromatic heterocycles. The Morgan fingerprint density at radius 2 is 1.56 bits per heavy atom. The molecule has 2 aromatic carbocycles. The van der Waals surface area contributed by atoms with Crippen LogP contribution in [0.1, 0.15) is 36.7 Å². The van der Waals surface area contributed by atoms with E-state index in [1.807, 2.05) is 81.1 Å². The van der Waals surface area contributed by atoms with Crippen molar-refractivity contribution in [1.82, 2.24) is 15.1 Å². The highest BCUT2D eigenvalue weighted by Crippen LogP contribution is 2.20. The standard InChI is InChI=1S/C26H35N5O3/c1-5-27-26(34)31(19(2)3)18-24(32)28-22-10-12-23(13-11-22)29-14-16-30(17-15-29)25(33)21-8-6-20(4)7-9-21/h6-13,19H,5,14-18H2,1-4H3,(H,27,34)(H,28,32). The summed E-state index contributed by atoms with van der Waals surface area (Å²) >= 11 is 0. The Balaban J connectivity index is 1.52. The predicted octanol–water partition coefficient (Wildman–Crippen LogP) is 3.34. The second kappa shape index (κ2) is 11.5. The number of amides is 4. The molecule has 0 spiro atoms. The minimum atomic E-state index is -0.247. The number of benzene rings is 2. The van der Waals surface area contributed by atoms with Crippen LogP contribution in [0.4, 0.5) is 16.2 Å². The highest BCUT2D eigenvalue weighted by atomic mass is 16.2. The van der Waals surface area contributed by atoms with Crippen LogP contribution in [0.25, 0.3) is 0 Å². The normalized spacial score (nSPS) is 13.6.